The van der Waals surface area contributed by atoms with Gasteiger partial charge in [0.25, 0.3) is 0 Å². The van der Waals surface area contributed by atoms with Gasteiger partial charge in [0.2, 0.25) is 0 Å². The molecule has 0 aromatic carbocycles. The van der Waals surface area contributed by atoms with E-state index in [0.29, 0.717) is 0 Å². The van der Waals surface area contributed by atoms with Crippen LogP contribution in [0.2, 0.25) is 0 Å². The lowest BCUT2D eigenvalue weighted by Crippen LogP contribution is -2.36. The van der Waals surface area contributed by atoms with Crippen molar-refractivity contribution < 1.29 is 0 Å². The Morgan fingerprint density at radius 2 is 1.89 bits per heavy atom. The van der Waals surface area contributed by atoms with Gasteiger partial charge in [0.1, 0.15) is 0 Å². The summed E-state index contributed by atoms with van der Waals surface area (Å²) in [5, 5.41) is 0. The third-order valence-corrected chi connectivity index (χ3v) is 4.54. The third kappa shape index (κ3) is 1.02. The molecule has 0 heterocycles. The Balaban J connectivity index is 1.98. The van der Waals surface area contributed by atoms with Gasteiger partial charge < -0.3 is 0 Å². The normalized spacial score (nSPS) is 49.7. The van der Waals surface area contributed by atoms with E-state index in [-0.39, 0.29) is 0 Å². The maximum absolute atomic E-state index is 2.65. The molecule has 0 amide bonds. The smallest absolute Gasteiger partial charge is 0.0140 e. The van der Waals surface area contributed by atoms with E-state index in [1.165, 1.54) is 19.3 Å². The van der Waals surface area contributed by atoms with Crippen molar-refractivity contribution in [2.75, 3.05) is 0 Å². The highest BCUT2D eigenvalue weighted by molar-refractivity contribution is 14.1. The highest BCUT2D eigenvalue weighted by atomic mass is 127. The summed E-state index contributed by atoms with van der Waals surface area (Å²) in [5.41, 5.74) is 0. The summed E-state index contributed by atoms with van der Waals surface area (Å²) in [6, 6.07) is 0. The van der Waals surface area contributed by atoms with E-state index in [4.69, 9.17) is 0 Å². The molecule has 0 spiro atoms. The SMILES string of the molecule is IC1CCCC2CCC12. The van der Waals surface area contributed by atoms with Crippen LogP contribution in [-0.2, 0) is 0 Å². The van der Waals surface area contributed by atoms with E-state index in [0.717, 1.165) is 15.8 Å². The summed E-state index contributed by atoms with van der Waals surface area (Å²) in [6.07, 6.45) is 7.64. The van der Waals surface area contributed by atoms with Crippen molar-refractivity contribution in [3.63, 3.8) is 0 Å². The molecular formula is C8H13I. The molecule has 3 atom stereocenters. The van der Waals surface area contributed by atoms with Crippen LogP contribution in [0.5, 0.6) is 0 Å². The van der Waals surface area contributed by atoms with Gasteiger partial charge in [-0.05, 0) is 31.1 Å². The topological polar surface area (TPSA) is 0 Å². The molecule has 9 heavy (non-hydrogen) atoms. The molecule has 3 unspecified atom stereocenters. The van der Waals surface area contributed by atoms with Crippen molar-refractivity contribution in [2.24, 2.45) is 11.8 Å². The monoisotopic (exact) mass is 236 g/mol. The minimum atomic E-state index is 1.04. The number of rotatable bonds is 0. The Morgan fingerprint density at radius 3 is 2.33 bits per heavy atom. The quantitative estimate of drug-likeness (QED) is 0.448. The lowest BCUT2D eigenvalue weighted by molar-refractivity contribution is 0.128. The van der Waals surface area contributed by atoms with Crippen LogP contribution in [0.1, 0.15) is 32.1 Å². The van der Waals surface area contributed by atoms with Crippen LogP contribution < -0.4 is 0 Å². The van der Waals surface area contributed by atoms with E-state index in [1.54, 1.807) is 12.8 Å². The molecule has 1 heteroatoms. The molecule has 2 fully saturated rings. The Kier molecular flexibility index (Phi) is 1.72. The summed E-state index contributed by atoms with van der Waals surface area (Å²) in [5.74, 6) is 2.29. The maximum Gasteiger partial charge on any atom is 0.0140 e. The Labute approximate surface area is 70.5 Å². The third-order valence-electron chi connectivity index (χ3n) is 3.00. The van der Waals surface area contributed by atoms with Gasteiger partial charge in [-0.3, -0.25) is 0 Å². The highest BCUT2D eigenvalue weighted by Crippen LogP contribution is 2.47. The van der Waals surface area contributed by atoms with E-state index in [1.807, 2.05) is 0 Å². The molecule has 2 saturated carbocycles. The van der Waals surface area contributed by atoms with Crippen molar-refractivity contribution in [1.82, 2.24) is 0 Å². The lowest BCUT2D eigenvalue weighted by Gasteiger charge is -2.43. The first-order valence-electron chi connectivity index (χ1n) is 4.02. The zero-order valence-electron chi connectivity index (χ0n) is 5.65. The molecule has 2 aliphatic carbocycles. The van der Waals surface area contributed by atoms with E-state index in [9.17, 15) is 0 Å². The standard InChI is InChI=1S/C8H13I/c9-8-3-1-2-6-4-5-7(6)8/h6-8H,1-5H2. The van der Waals surface area contributed by atoms with E-state index >= 15 is 0 Å². The number of fused-ring (bicyclic) bond motifs is 1. The van der Waals surface area contributed by atoms with Crippen LogP contribution in [0.15, 0.2) is 0 Å². The molecule has 0 bridgehead atoms. The molecule has 0 N–H and O–H groups in total. The molecule has 2 rings (SSSR count). The summed E-state index contributed by atoms with van der Waals surface area (Å²) < 4.78 is 1.04. The van der Waals surface area contributed by atoms with Crippen LogP contribution in [0.25, 0.3) is 0 Å². The van der Waals surface area contributed by atoms with Gasteiger partial charge in [-0.15, -0.1) is 0 Å². The molecule has 0 aromatic heterocycles. The fourth-order valence-corrected chi connectivity index (χ4v) is 3.61. The van der Waals surface area contributed by atoms with E-state index in [2.05, 4.69) is 22.6 Å². The van der Waals surface area contributed by atoms with Crippen molar-refractivity contribution in [3.05, 3.63) is 0 Å². The number of halogens is 1. The van der Waals surface area contributed by atoms with Crippen LogP contribution in [0.4, 0.5) is 0 Å². The fraction of sp³-hybridized carbons (Fsp3) is 1.00. The summed E-state index contributed by atoms with van der Waals surface area (Å²) in [6.45, 7) is 0. The Bertz CT molecular complexity index is 105. The van der Waals surface area contributed by atoms with Gasteiger partial charge in [0.15, 0.2) is 0 Å². The average Bonchev–Trinajstić information content (AvgIpc) is 1.74. The molecule has 0 aromatic rings. The lowest BCUT2D eigenvalue weighted by atomic mass is 9.66. The van der Waals surface area contributed by atoms with Gasteiger partial charge in [0, 0.05) is 3.92 Å². The largest absolute Gasteiger partial charge is 0.0823 e. The first-order valence-corrected chi connectivity index (χ1v) is 5.26. The minimum absolute atomic E-state index is 1.04. The van der Waals surface area contributed by atoms with Gasteiger partial charge >= 0.3 is 0 Å². The predicted molar refractivity (Wildman–Crippen MR) is 47.9 cm³/mol. The fourth-order valence-electron chi connectivity index (χ4n) is 2.22. The second-order valence-corrected chi connectivity index (χ2v) is 5.05. The van der Waals surface area contributed by atoms with Gasteiger partial charge in [-0.25, -0.2) is 0 Å². The van der Waals surface area contributed by atoms with Crippen LogP contribution in [-0.4, -0.2) is 3.92 Å². The molecule has 0 aliphatic heterocycles. The van der Waals surface area contributed by atoms with Gasteiger partial charge in [-0.1, -0.05) is 35.4 Å². The second-order valence-electron chi connectivity index (χ2n) is 3.45. The molecule has 0 radical (unpaired) electrons. The minimum Gasteiger partial charge on any atom is -0.0823 e. The molecular weight excluding hydrogens is 223 g/mol. The Morgan fingerprint density at radius 1 is 1.00 bits per heavy atom. The maximum atomic E-state index is 2.65. The van der Waals surface area contributed by atoms with E-state index < -0.39 is 0 Å². The van der Waals surface area contributed by atoms with Gasteiger partial charge in [-0.2, -0.15) is 0 Å². The number of hydrogen-bond donors (Lipinski definition) is 0. The predicted octanol–water partition coefficient (Wildman–Crippen LogP) is 3.00. The summed E-state index contributed by atoms with van der Waals surface area (Å²) in [4.78, 5) is 0. The molecule has 0 nitrogen and oxygen atoms in total. The second kappa shape index (κ2) is 2.40. The summed E-state index contributed by atoms with van der Waals surface area (Å²) in [7, 11) is 0. The number of alkyl halides is 1. The van der Waals surface area contributed by atoms with Crippen molar-refractivity contribution in [2.45, 2.75) is 36.0 Å². The van der Waals surface area contributed by atoms with Crippen LogP contribution in [0, 0.1) is 11.8 Å². The Hall–Kier alpha value is 0.730. The zero-order valence-corrected chi connectivity index (χ0v) is 7.80. The summed E-state index contributed by atoms with van der Waals surface area (Å²) >= 11 is 2.65. The van der Waals surface area contributed by atoms with Crippen molar-refractivity contribution in [1.29, 1.82) is 0 Å². The average molecular weight is 236 g/mol. The molecule has 52 valence electrons. The first kappa shape index (κ1) is 6.44. The van der Waals surface area contributed by atoms with Crippen molar-refractivity contribution in [3.8, 4) is 0 Å². The molecule has 2 aliphatic rings. The first-order chi connectivity index (χ1) is 4.38. The zero-order chi connectivity index (χ0) is 6.27. The number of hydrogen-bond acceptors (Lipinski definition) is 0. The van der Waals surface area contributed by atoms with Crippen LogP contribution >= 0.6 is 22.6 Å². The van der Waals surface area contributed by atoms with Crippen molar-refractivity contribution >= 4 is 22.6 Å². The highest BCUT2D eigenvalue weighted by Gasteiger charge is 2.37. The van der Waals surface area contributed by atoms with Crippen LogP contribution in [0.3, 0.4) is 0 Å². The van der Waals surface area contributed by atoms with Gasteiger partial charge in [0.05, 0.1) is 0 Å². The molecule has 0 saturated heterocycles.